The van der Waals surface area contributed by atoms with Crippen molar-refractivity contribution in [2.45, 2.75) is 32.0 Å². The van der Waals surface area contributed by atoms with Gasteiger partial charge in [0.05, 0.1) is 24.8 Å². The number of nitrogens with one attached hydrogen (secondary N) is 2. The number of rotatable bonds is 7. The number of carbonyl (C=O) groups is 4. The third-order valence-corrected chi connectivity index (χ3v) is 6.49. The Balaban J connectivity index is 1.70. The van der Waals surface area contributed by atoms with E-state index >= 15 is 0 Å². The Labute approximate surface area is 237 Å². The molecule has 0 atom stereocenters. The third kappa shape index (κ3) is 7.54. The number of hydrogen-bond donors (Lipinski definition) is 3. The molecule has 0 saturated carbocycles. The minimum absolute atomic E-state index is 0.118. The van der Waals surface area contributed by atoms with Gasteiger partial charge < -0.3 is 20.2 Å². The quantitative estimate of drug-likeness (QED) is 0.404. The number of aromatic nitrogens is 2. The molecule has 1 aliphatic rings. The van der Waals surface area contributed by atoms with Crippen LogP contribution in [0.15, 0.2) is 35.3 Å². The fourth-order valence-electron chi connectivity index (χ4n) is 4.19. The van der Waals surface area contributed by atoms with Crippen LogP contribution in [0.3, 0.4) is 0 Å². The van der Waals surface area contributed by atoms with Crippen LogP contribution in [-0.4, -0.2) is 99.3 Å². The maximum Gasteiger partial charge on any atom is 0.416 e. The van der Waals surface area contributed by atoms with E-state index in [9.17, 15) is 37.1 Å². The van der Waals surface area contributed by atoms with Gasteiger partial charge in [0.15, 0.2) is 0 Å². The Morgan fingerprint density at radius 1 is 1.07 bits per heavy atom. The summed E-state index contributed by atoms with van der Waals surface area (Å²) in [6.07, 6.45) is -5.60. The molecule has 1 aliphatic heterocycles. The maximum absolute atomic E-state index is 13.8. The average molecular weight is 598 g/mol. The Hall–Kier alpha value is -4.67. The van der Waals surface area contributed by atoms with Crippen molar-refractivity contribution in [3.05, 3.63) is 52.1 Å². The van der Waals surface area contributed by atoms with Gasteiger partial charge in [-0.3, -0.25) is 24.3 Å². The molecular formula is C25H30F3N7O7. The molecular weight excluding hydrogens is 567 g/mol. The van der Waals surface area contributed by atoms with E-state index in [0.29, 0.717) is 0 Å². The molecule has 2 aromatic rings. The second kappa shape index (κ2) is 12.5. The Morgan fingerprint density at radius 2 is 1.69 bits per heavy atom. The van der Waals surface area contributed by atoms with Gasteiger partial charge in [-0.25, -0.2) is 19.4 Å². The van der Waals surface area contributed by atoms with Gasteiger partial charge >= 0.3 is 24.0 Å². The lowest BCUT2D eigenvalue weighted by atomic mass is 10.0. The standard InChI is InChI=1S/C25H30F3N7O7/c1-24(2,31-23(40)41)20(37)33-9-11-34(12-10-33)21(38)29-18-7-8-35(22(39)30-18)16-6-5-15(13-19(36)32(3)42-4)17(14-16)25(26,27)28/h5-8,14,31H,9-13H2,1-4H3,(H,40,41)(H,29,30,38,39). The van der Waals surface area contributed by atoms with Crippen molar-refractivity contribution in [2.75, 3.05) is 45.7 Å². The first-order chi connectivity index (χ1) is 19.5. The molecule has 3 rings (SSSR count). The zero-order chi connectivity index (χ0) is 31.4. The van der Waals surface area contributed by atoms with Gasteiger partial charge in [-0.05, 0) is 37.6 Å². The summed E-state index contributed by atoms with van der Waals surface area (Å²) in [5.41, 5.74) is -3.90. The fourth-order valence-corrected chi connectivity index (χ4v) is 4.19. The number of benzene rings is 1. The predicted octanol–water partition coefficient (Wildman–Crippen LogP) is 1.54. The van der Waals surface area contributed by atoms with Crippen LogP contribution in [0.4, 0.5) is 28.6 Å². The fraction of sp³-hybridized carbons (Fsp3) is 0.440. The largest absolute Gasteiger partial charge is 0.465 e. The lowest BCUT2D eigenvalue weighted by Gasteiger charge is -2.38. The molecule has 14 nitrogen and oxygen atoms in total. The first-order valence-corrected chi connectivity index (χ1v) is 12.5. The summed E-state index contributed by atoms with van der Waals surface area (Å²) in [6.45, 7) is 3.36. The van der Waals surface area contributed by atoms with Gasteiger partial charge in [-0.2, -0.15) is 18.2 Å². The average Bonchev–Trinajstić information content (AvgIpc) is 2.91. The minimum atomic E-state index is -4.82. The van der Waals surface area contributed by atoms with E-state index in [4.69, 9.17) is 9.94 Å². The summed E-state index contributed by atoms with van der Waals surface area (Å²) >= 11 is 0. The Kier molecular flexibility index (Phi) is 9.45. The highest BCUT2D eigenvalue weighted by atomic mass is 19.4. The van der Waals surface area contributed by atoms with E-state index in [1.165, 1.54) is 49.9 Å². The van der Waals surface area contributed by atoms with Crippen molar-refractivity contribution in [2.24, 2.45) is 0 Å². The molecule has 228 valence electrons. The first-order valence-electron chi connectivity index (χ1n) is 12.5. The molecule has 5 amide bonds. The predicted molar refractivity (Wildman–Crippen MR) is 141 cm³/mol. The van der Waals surface area contributed by atoms with Gasteiger partial charge in [0, 0.05) is 39.4 Å². The number of piperazine rings is 1. The third-order valence-electron chi connectivity index (χ3n) is 6.49. The molecule has 0 unspecified atom stereocenters. The van der Waals surface area contributed by atoms with E-state index in [0.717, 1.165) is 28.0 Å². The van der Waals surface area contributed by atoms with Gasteiger partial charge in [-0.15, -0.1) is 0 Å². The van der Waals surface area contributed by atoms with Crippen molar-refractivity contribution >= 4 is 29.8 Å². The van der Waals surface area contributed by atoms with E-state index in [1.54, 1.807) is 0 Å². The number of likely N-dealkylation sites (N-methyl/N-ethyl adjacent to an activating group) is 1. The molecule has 1 fully saturated rings. The summed E-state index contributed by atoms with van der Waals surface area (Å²) < 4.78 is 42.2. The first kappa shape index (κ1) is 31.9. The number of urea groups is 1. The SMILES string of the molecule is CON(C)C(=O)Cc1ccc(-n2ccc(NC(=O)N3CCN(C(=O)C(C)(C)NC(=O)O)CC3)nc2=O)cc1C(F)(F)F. The molecule has 0 bridgehead atoms. The lowest BCUT2D eigenvalue weighted by molar-refractivity contribution is -0.168. The second-order valence-corrected chi connectivity index (χ2v) is 9.82. The second-order valence-electron chi connectivity index (χ2n) is 9.82. The monoisotopic (exact) mass is 597 g/mol. The number of alkyl halides is 3. The minimum Gasteiger partial charge on any atom is -0.465 e. The van der Waals surface area contributed by atoms with Crippen molar-refractivity contribution in [3.63, 3.8) is 0 Å². The van der Waals surface area contributed by atoms with Crippen LogP contribution in [0.25, 0.3) is 5.69 Å². The number of halogens is 3. The number of carbonyl (C=O) groups excluding carboxylic acids is 3. The summed E-state index contributed by atoms with van der Waals surface area (Å²) in [4.78, 5) is 72.3. The van der Waals surface area contributed by atoms with Gasteiger partial charge in [-0.1, -0.05) is 6.07 Å². The van der Waals surface area contributed by atoms with E-state index < -0.39 is 53.3 Å². The smallest absolute Gasteiger partial charge is 0.416 e. The molecule has 1 aromatic heterocycles. The molecule has 0 aliphatic carbocycles. The van der Waals surface area contributed by atoms with Crippen molar-refractivity contribution in [1.82, 2.24) is 29.7 Å². The summed E-state index contributed by atoms with van der Waals surface area (Å²) in [5.74, 6) is -1.31. The van der Waals surface area contributed by atoms with Crippen LogP contribution >= 0.6 is 0 Å². The van der Waals surface area contributed by atoms with E-state index in [1.807, 2.05) is 0 Å². The number of anilines is 1. The molecule has 1 saturated heterocycles. The Morgan fingerprint density at radius 3 is 2.24 bits per heavy atom. The molecule has 0 spiro atoms. The van der Waals surface area contributed by atoms with Crippen LogP contribution in [0, 0.1) is 0 Å². The number of hydrogen-bond acceptors (Lipinski definition) is 7. The highest BCUT2D eigenvalue weighted by molar-refractivity contribution is 5.90. The topological polar surface area (TPSA) is 166 Å². The van der Waals surface area contributed by atoms with Crippen LogP contribution in [0.2, 0.25) is 0 Å². The van der Waals surface area contributed by atoms with E-state index in [2.05, 4.69) is 15.6 Å². The summed E-state index contributed by atoms with van der Waals surface area (Å²) in [5, 5.41) is 14.3. The van der Waals surface area contributed by atoms with Crippen LogP contribution in [-0.2, 0) is 27.0 Å². The normalized spacial score (nSPS) is 13.9. The lowest BCUT2D eigenvalue weighted by Crippen LogP contribution is -2.60. The van der Waals surface area contributed by atoms with Gasteiger partial charge in [0.1, 0.15) is 11.4 Å². The molecule has 17 heteroatoms. The molecule has 42 heavy (non-hydrogen) atoms. The summed E-state index contributed by atoms with van der Waals surface area (Å²) in [6, 6.07) is 3.66. The zero-order valence-electron chi connectivity index (χ0n) is 23.2. The highest BCUT2D eigenvalue weighted by Gasteiger charge is 2.36. The molecule has 0 radical (unpaired) electrons. The molecule has 1 aromatic carbocycles. The zero-order valence-corrected chi connectivity index (χ0v) is 23.2. The van der Waals surface area contributed by atoms with Gasteiger partial charge in [0.25, 0.3) is 0 Å². The van der Waals surface area contributed by atoms with Crippen molar-refractivity contribution in [3.8, 4) is 5.69 Å². The van der Waals surface area contributed by atoms with Crippen LogP contribution < -0.4 is 16.3 Å². The van der Waals surface area contributed by atoms with E-state index in [-0.39, 0.29) is 43.2 Å². The molecule has 2 heterocycles. The van der Waals surface area contributed by atoms with Crippen LogP contribution in [0.5, 0.6) is 0 Å². The molecule has 3 N–H and O–H groups in total. The summed E-state index contributed by atoms with van der Waals surface area (Å²) in [7, 11) is 2.46. The number of hydroxylamine groups is 2. The van der Waals surface area contributed by atoms with Gasteiger partial charge in [0.2, 0.25) is 11.8 Å². The number of amides is 5. The highest BCUT2D eigenvalue weighted by Crippen LogP contribution is 2.34. The maximum atomic E-state index is 13.8. The van der Waals surface area contributed by atoms with Crippen molar-refractivity contribution < 1.29 is 42.3 Å². The van der Waals surface area contributed by atoms with Crippen molar-refractivity contribution in [1.29, 1.82) is 0 Å². The van der Waals surface area contributed by atoms with Crippen LogP contribution in [0.1, 0.15) is 25.0 Å². The Bertz CT molecular complexity index is 1420. The number of nitrogens with zero attached hydrogens (tertiary/aromatic N) is 5. The number of carboxylic acid groups (broad SMARTS) is 1.